The third-order valence-corrected chi connectivity index (χ3v) is 6.27. The van der Waals surface area contributed by atoms with Gasteiger partial charge in [-0.1, -0.05) is 6.42 Å². The highest BCUT2D eigenvalue weighted by Gasteiger charge is 2.26. The molecule has 2 atom stereocenters. The van der Waals surface area contributed by atoms with Gasteiger partial charge in [-0.05, 0) is 36.8 Å². The van der Waals surface area contributed by atoms with Crippen molar-refractivity contribution in [2.75, 3.05) is 31.8 Å². The van der Waals surface area contributed by atoms with Crippen molar-refractivity contribution in [3.63, 3.8) is 0 Å². The van der Waals surface area contributed by atoms with E-state index in [1.807, 2.05) is 0 Å². The van der Waals surface area contributed by atoms with Gasteiger partial charge in [0.1, 0.15) is 10.7 Å². The minimum atomic E-state index is -3.41. The van der Waals surface area contributed by atoms with Crippen molar-refractivity contribution in [2.45, 2.75) is 24.2 Å². The van der Waals surface area contributed by atoms with Crippen molar-refractivity contribution in [1.29, 1.82) is 0 Å². The molecule has 21 heavy (non-hydrogen) atoms. The fourth-order valence-electron chi connectivity index (χ4n) is 2.67. The lowest BCUT2D eigenvalue weighted by Gasteiger charge is -2.18. The van der Waals surface area contributed by atoms with E-state index in [0.29, 0.717) is 23.5 Å². The van der Waals surface area contributed by atoms with Gasteiger partial charge in [-0.15, -0.1) is 11.6 Å². The van der Waals surface area contributed by atoms with E-state index in [4.69, 9.17) is 11.6 Å². The number of aromatic nitrogens is 1. The monoisotopic (exact) mass is 331 g/mol. The van der Waals surface area contributed by atoms with E-state index < -0.39 is 10.0 Å². The largest absolute Gasteiger partial charge is 0.370 e. The van der Waals surface area contributed by atoms with Crippen LogP contribution in [0.4, 0.5) is 5.82 Å². The number of alkyl halides is 1. The summed E-state index contributed by atoms with van der Waals surface area (Å²) in [5.74, 6) is 2.56. The molecule has 2 rings (SSSR count). The van der Waals surface area contributed by atoms with Gasteiger partial charge in [0.15, 0.2) is 0 Å². The topological polar surface area (TPSA) is 62.3 Å². The second-order valence-electron chi connectivity index (χ2n) is 5.65. The Morgan fingerprint density at radius 3 is 2.62 bits per heavy atom. The Kier molecular flexibility index (Phi) is 5.46. The molecule has 7 heteroatoms. The number of anilines is 1. The first-order chi connectivity index (χ1) is 9.95. The number of halogens is 1. The summed E-state index contributed by atoms with van der Waals surface area (Å²) in [7, 11) is -0.396. The van der Waals surface area contributed by atoms with E-state index >= 15 is 0 Å². The zero-order chi connectivity index (χ0) is 15.5. The maximum atomic E-state index is 11.9. The maximum Gasteiger partial charge on any atom is 0.244 e. The number of nitrogens with one attached hydrogen (secondary N) is 1. The highest BCUT2D eigenvalue weighted by Crippen LogP contribution is 2.32. The van der Waals surface area contributed by atoms with Crippen LogP contribution in [0.25, 0.3) is 0 Å². The quantitative estimate of drug-likeness (QED) is 0.813. The second-order valence-corrected chi connectivity index (χ2v) is 8.11. The minimum absolute atomic E-state index is 0.206. The molecule has 1 aliphatic rings. The van der Waals surface area contributed by atoms with Gasteiger partial charge in [0.2, 0.25) is 10.0 Å². The smallest absolute Gasteiger partial charge is 0.244 e. The number of sulfonamides is 1. The first-order valence-electron chi connectivity index (χ1n) is 7.13. The number of nitrogens with zero attached hydrogens (tertiary/aromatic N) is 2. The molecule has 1 heterocycles. The Morgan fingerprint density at radius 1 is 1.33 bits per heavy atom. The lowest BCUT2D eigenvalue weighted by Crippen LogP contribution is -2.22. The van der Waals surface area contributed by atoms with Gasteiger partial charge in [0.05, 0.1) is 0 Å². The van der Waals surface area contributed by atoms with Gasteiger partial charge in [-0.3, -0.25) is 0 Å². The van der Waals surface area contributed by atoms with Crippen molar-refractivity contribution in [2.24, 2.45) is 11.8 Å². The predicted octanol–water partition coefficient (Wildman–Crippen LogP) is 2.40. The SMILES string of the molecule is CN(C)S(=O)(=O)c1ccc(NCC2CCCC2CCl)nc1. The summed E-state index contributed by atoms with van der Waals surface area (Å²) >= 11 is 5.97. The second kappa shape index (κ2) is 6.94. The van der Waals surface area contributed by atoms with Crippen molar-refractivity contribution in [3.8, 4) is 0 Å². The van der Waals surface area contributed by atoms with Crippen LogP contribution in [0.15, 0.2) is 23.2 Å². The van der Waals surface area contributed by atoms with Crippen LogP contribution >= 0.6 is 11.6 Å². The van der Waals surface area contributed by atoms with Crippen LogP contribution in [0, 0.1) is 11.8 Å². The molecule has 0 aliphatic heterocycles. The number of hydrogen-bond acceptors (Lipinski definition) is 4. The third-order valence-electron chi connectivity index (χ3n) is 4.07. The van der Waals surface area contributed by atoms with Crippen LogP contribution < -0.4 is 5.32 Å². The highest BCUT2D eigenvalue weighted by molar-refractivity contribution is 7.89. The van der Waals surface area contributed by atoms with Gasteiger partial charge in [0, 0.05) is 32.7 Å². The van der Waals surface area contributed by atoms with E-state index in [9.17, 15) is 8.42 Å². The highest BCUT2D eigenvalue weighted by atomic mass is 35.5. The lowest BCUT2D eigenvalue weighted by atomic mass is 9.98. The zero-order valence-corrected chi connectivity index (χ0v) is 14.0. The Bertz CT molecular complexity index is 560. The van der Waals surface area contributed by atoms with E-state index in [1.54, 1.807) is 12.1 Å². The minimum Gasteiger partial charge on any atom is -0.370 e. The standard InChI is InChI=1S/C14H22ClN3O2S/c1-18(2)21(19,20)13-6-7-14(17-10-13)16-9-12-5-3-4-11(12)8-15/h6-7,10-12H,3-5,8-9H2,1-2H3,(H,16,17). The normalized spacial score (nSPS) is 22.7. The molecule has 0 radical (unpaired) electrons. The predicted molar refractivity (Wildman–Crippen MR) is 85.2 cm³/mol. The molecule has 5 nitrogen and oxygen atoms in total. The summed E-state index contributed by atoms with van der Waals surface area (Å²) in [5, 5.41) is 3.28. The molecule has 0 bridgehead atoms. The van der Waals surface area contributed by atoms with Crippen molar-refractivity contribution < 1.29 is 8.42 Å². The summed E-state index contributed by atoms with van der Waals surface area (Å²) in [6, 6.07) is 3.29. The van der Waals surface area contributed by atoms with Crippen LogP contribution in [0.1, 0.15) is 19.3 Å². The van der Waals surface area contributed by atoms with Crippen molar-refractivity contribution in [3.05, 3.63) is 18.3 Å². The molecule has 1 N–H and O–H groups in total. The molecular weight excluding hydrogens is 310 g/mol. The summed E-state index contributed by atoms with van der Waals surface area (Å²) in [5.41, 5.74) is 0. The van der Waals surface area contributed by atoms with Crippen molar-refractivity contribution in [1.82, 2.24) is 9.29 Å². The Labute approximate surface area is 131 Å². The van der Waals surface area contributed by atoms with Gasteiger partial charge in [0.25, 0.3) is 0 Å². The summed E-state index contributed by atoms with van der Waals surface area (Å²) in [4.78, 5) is 4.40. The first-order valence-corrected chi connectivity index (χ1v) is 9.11. The van der Waals surface area contributed by atoms with Gasteiger partial charge in [-0.2, -0.15) is 0 Å². The van der Waals surface area contributed by atoms with Crippen molar-refractivity contribution >= 4 is 27.4 Å². The molecule has 0 saturated heterocycles. The van der Waals surface area contributed by atoms with Crippen LogP contribution in [0.5, 0.6) is 0 Å². The zero-order valence-electron chi connectivity index (χ0n) is 12.4. The van der Waals surface area contributed by atoms with E-state index in [0.717, 1.165) is 6.54 Å². The maximum absolute atomic E-state index is 11.9. The fourth-order valence-corrected chi connectivity index (χ4v) is 3.92. The Hall–Kier alpha value is -0.850. The van der Waals surface area contributed by atoms with E-state index in [-0.39, 0.29) is 4.90 Å². The fraction of sp³-hybridized carbons (Fsp3) is 0.643. The molecule has 0 aromatic carbocycles. The molecular formula is C14H22ClN3O2S. The summed E-state index contributed by atoms with van der Waals surface area (Å²) in [6.07, 6.45) is 5.02. The molecule has 0 spiro atoms. The van der Waals surface area contributed by atoms with Gasteiger partial charge < -0.3 is 5.32 Å². The molecule has 0 amide bonds. The lowest BCUT2D eigenvalue weighted by molar-refractivity contribution is 0.444. The van der Waals surface area contributed by atoms with Crippen LogP contribution in [-0.4, -0.2) is 44.2 Å². The first kappa shape index (κ1) is 16.5. The average Bonchev–Trinajstić information content (AvgIpc) is 2.92. The molecule has 1 saturated carbocycles. The van der Waals surface area contributed by atoms with Crippen LogP contribution in [-0.2, 0) is 10.0 Å². The van der Waals surface area contributed by atoms with Crippen LogP contribution in [0.3, 0.4) is 0 Å². The third kappa shape index (κ3) is 3.87. The van der Waals surface area contributed by atoms with Gasteiger partial charge in [-0.25, -0.2) is 17.7 Å². The molecule has 1 aromatic rings. The van der Waals surface area contributed by atoms with E-state index in [2.05, 4.69) is 10.3 Å². The molecule has 1 aliphatic carbocycles. The van der Waals surface area contributed by atoms with E-state index in [1.165, 1.54) is 43.9 Å². The summed E-state index contributed by atoms with van der Waals surface area (Å²) in [6.45, 7) is 0.837. The molecule has 2 unspecified atom stereocenters. The molecule has 1 aromatic heterocycles. The average molecular weight is 332 g/mol. The number of rotatable bonds is 6. The summed E-state index contributed by atoms with van der Waals surface area (Å²) < 4.78 is 25.1. The number of pyridine rings is 1. The molecule has 1 fully saturated rings. The Balaban J connectivity index is 1.97. The molecule has 118 valence electrons. The van der Waals surface area contributed by atoms with Crippen LogP contribution in [0.2, 0.25) is 0 Å². The Morgan fingerprint density at radius 2 is 2.05 bits per heavy atom. The van der Waals surface area contributed by atoms with Gasteiger partial charge >= 0.3 is 0 Å². The number of hydrogen-bond donors (Lipinski definition) is 1.